The molecule has 1 aromatic heterocycles. The molecule has 0 radical (unpaired) electrons. The van der Waals surface area contributed by atoms with E-state index in [1.807, 2.05) is 20.8 Å². The molecule has 11 heteroatoms. The highest BCUT2D eigenvalue weighted by Crippen LogP contribution is 2.35. The molecule has 0 aliphatic carbocycles. The Bertz CT molecular complexity index is 1230. The van der Waals surface area contributed by atoms with Crippen LogP contribution in [0, 0.1) is 11.2 Å². The number of aromatic nitrogens is 1. The lowest BCUT2D eigenvalue weighted by Gasteiger charge is -2.38. The van der Waals surface area contributed by atoms with Crippen molar-refractivity contribution in [2.24, 2.45) is 5.41 Å². The van der Waals surface area contributed by atoms with Crippen molar-refractivity contribution in [2.45, 2.75) is 51.0 Å². The Labute approximate surface area is 204 Å². The zero-order valence-electron chi connectivity index (χ0n) is 20.0. The third kappa shape index (κ3) is 5.55. The van der Waals surface area contributed by atoms with E-state index in [0.717, 1.165) is 18.6 Å². The number of hydrogen-bond acceptors (Lipinski definition) is 6. The number of hydrogen-bond donors (Lipinski definition) is 1. The van der Waals surface area contributed by atoms with Gasteiger partial charge in [0.2, 0.25) is 5.91 Å². The maximum Gasteiger partial charge on any atom is 0.411 e. The van der Waals surface area contributed by atoms with Crippen LogP contribution in [-0.2, 0) is 26.0 Å². The van der Waals surface area contributed by atoms with E-state index < -0.39 is 21.9 Å². The van der Waals surface area contributed by atoms with Crippen molar-refractivity contribution in [2.75, 3.05) is 29.3 Å². The van der Waals surface area contributed by atoms with Crippen molar-refractivity contribution in [1.29, 1.82) is 0 Å². The Kier molecular flexibility index (Phi) is 6.72. The molecule has 1 N–H and O–H groups in total. The lowest BCUT2D eigenvalue weighted by atomic mass is 9.99. The third-order valence-corrected chi connectivity index (χ3v) is 7.65. The zero-order valence-corrected chi connectivity index (χ0v) is 20.8. The van der Waals surface area contributed by atoms with Crippen LogP contribution >= 0.6 is 0 Å². The van der Waals surface area contributed by atoms with E-state index in [4.69, 9.17) is 4.74 Å². The van der Waals surface area contributed by atoms with E-state index in [1.54, 1.807) is 4.90 Å². The van der Waals surface area contributed by atoms with Crippen LogP contribution in [0.4, 0.5) is 20.6 Å². The SMILES string of the molecule is CC(C)(C)COC(=O)Nc1cnc2c(c1)N(S(=O)(=O)c1ccc(F)cc1)CC(N1CCCC1=O)C2. The minimum Gasteiger partial charge on any atom is -0.449 e. The molecule has 35 heavy (non-hydrogen) atoms. The molecular weight excluding hydrogens is 475 g/mol. The first-order valence-corrected chi connectivity index (χ1v) is 12.9. The fourth-order valence-electron chi connectivity index (χ4n) is 4.16. The van der Waals surface area contributed by atoms with E-state index in [-0.39, 0.29) is 41.1 Å². The van der Waals surface area contributed by atoms with Crippen LogP contribution in [0.5, 0.6) is 0 Å². The second-order valence-corrected chi connectivity index (χ2v) is 11.9. The number of benzene rings is 1. The van der Waals surface area contributed by atoms with Gasteiger partial charge in [-0.2, -0.15) is 0 Å². The van der Waals surface area contributed by atoms with Gasteiger partial charge in [-0.1, -0.05) is 20.8 Å². The zero-order chi connectivity index (χ0) is 25.4. The number of halogens is 1. The van der Waals surface area contributed by atoms with Crippen LogP contribution < -0.4 is 9.62 Å². The van der Waals surface area contributed by atoms with E-state index in [0.29, 0.717) is 30.8 Å². The van der Waals surface area contributed by atoms with Gasteiger partial charge in [-0.25, -0.2) is 17.6 Å². The Hall–Kier alpha value is -3.21. The fourth-order valence-corrected chi connectivity index (χ4v) is 5.68. The van der Waals surface area contributed by atoms with Gasteiger partial charge in [0.05, 0.1) is 47.4 Å². The Balaban J connectivity index is 1.67. The van der Waals surface area contributed by atoms with Gasteiger partial charge in [0, 0.05) is 19.4 Å². The number of nitrogens with one attached hydrogen (secondary N) is 1. The molecule has 0 bridgehead atoms. The summed E-state index contributed by atoms with van der Waals surface area (Å²) in [6.07, 6.45) is 2.30. The topological polar surface area (TPSA) is 109 Å². The second-order valence-electron chi connectivity index (χ2n) is 9.99. The van der Waals surface area contributed by atoms with Crippen molar-refractivity contribution in [3.05, 3.63) is 48.0 Å². The van der Waals surface area contributed by atoms with Crippen molar-refractivity contribution in [3.8, 4) is 0 Å². The number of sulfonamides is 1. The summed E-state index contributed by atoms with van der Waals surface area (Å²) in [6.45, 7) is 6.58. The van der Waals surface area contributed by atoms with Gasteiger partial charge in [0.15, 0.2) is 0 Å². The van der Waals surface area contributed by atoms with Crippen molar-refractivity contribution in [1.82, 2.24) is 9.88 Å². The predicted molar refractivity (Wildman–Crippen MR) is 128 cm³/mol. The smallest absolute Gasteiger partial charge is 0.411 e. The van der Waals surface area contributed by atoms with Crippen LogP contribution in [0.25, 0.3) is 0 Å². The molecule has 2 aliphatic heterocycles. The van der Waals surface area contributed by atoms with E-state index in [2.05, 4.69) is 10.3 Å². The summed E-state index contributed by atoms with van der Waals surface area (Å²) >= 11 is 0. The highest BCUT2D eigenvalue weighted by atomic mass is 32.2. The Morgan fingerprint density at radius 2 is 1.97 bits per heavy atom. The minimum absolute atomic E-state index is 0.0162. The number of carbonyl (C=O) groups is 2. The van der Waals surface area contributed by atoms with Gasteiger partial charge < -0.3 is 9.64 Å². The maximum atomic E-state index is 13.6. The Morgan fingerprint density at radius 1 is 1.26 bits per heavy atom. The van der Waals surface area contributed by atoms with Crippen LogP contribution in [0.15, 0.2) is 41.4 Å². The standard InChI is InChI=1S/C24H29FN4O5S/c1-24(2,3)15-34-23(31)27-17-11-21-20(26-13-17)12-18(28-10-4-5-22(28)30)14-29(21)35(32,33)19-8-6-16(25)7-9-19/h6-9,11,13,18H,4-5,10,12,14-15H2,1-3H3,(H,27,31). The van der Waals surface area contributed by atoms with Crippen molar-refractivity contribution in [3.63, 3.8) is 0 Å². The van der Waals surface area contributed by atoms with Crippen LogP contribution in [0.3, 0.4) is 0 Å². The quantitative estimate of drug-likeness (QED) is 0.667. The summed E-state index contributed by atoms with van der Waals surface area (Å²) in [4.78, 5) is 30.7. The summed E-state index contributed by atoms with van der Waals surface area (Å²) in [5.41, 5.74) is 0.844. The van der Waals surface area contributed by atoms with Crippen LogP contribution in [0.2, 0.25) is 0 Å². The van der Waals surface area contributed by atoms with Crippen LogP contribution in [0.1, 0.15) is 39.3 Å². The molecule has 2 amide bonds. The molecule has 3 heterocycles. The fraction of sp³-hybridized carbons (Fsp3) is 0.458. The number of nitrogens with zero attached hydrogens (tertiary/aromatic N) is 3. The van der Waals surface area contributed by atoms with Crippen LogP contribution in [-0.4, -0.2) is 56.0 Å². The summed E-state index contributed by atoms with van der Waals surface area (Å²) in [7, 11) is -4.10. The summed E-state index contributed by atoms with van der Waals surface area (Å²) in [6, 6.07) is 5.73. The first-order chi connectivity index (χ1) is 16.4. The molecular formula is C24H29FN4O5S. The lowest BCUT2D eigenvalue weighted by molar-refractivity contribution is -0.129. The average Bonchev–Trinajstić information content (AvgIpc) is 3.22. The molecule has 188 valence electrons. The van der Waals surface area contributed by atoms with Crippen molar-refractivity contribution >= 4 is 33.4 Å². The minimum atomic E-state index is -4.10. The van der Waals surface area contributed by atoms with Gasteiger partial charge in [0.1, 0.15) is 5.82 Å². The summed E-state index contributed by atoms with van der Waals surface area (Å²) in [5, 5.41) is 2.60. The molecule has 0 saturated carbocycles. The molecule has 1 atom stereocenters. The molecule has 1 saturated heterocycles. The number of rotatable bonds is 5. The molecule has 9 nitrogen and oxygen atoms in total. The number of anilines is 2. The summed E-state index contributed by atoms with van der Waals surface area (Å²) in [5.74, 6) is -0.567. The monoisotopic (exact) mass is 504 g/mol. The number of pyridine rings is 1. The highest BCUT2D eigenvalue weighted by molar-refractivity contribution is 7.92. The molecule has 2 aliphatic rings. The van der Waals surface area contributed by atoms with Gasteiger partial charge in [-0.05, 0) is 42.2 Å². The first-order valence-electron chi connectivity index (χ1n) is 11.4. The Morgan fingerprint density at radius 3 is 2.60 bits per heavy atom. The van der Waals surface area contributed by atoms with Gasteiger partial charge in [0.25, 0.3) is 10.0 Å². The highest BCUT2D eigenvalue weighted by Gasteiger charge is 2.39. The second kappa shape index (κ2) is 9.44. The number of likely N-dealkylation sites (tertiary alicyclic amines) is 1. The van der Waals surface area contributed by atoms with Gasteiger partial charge in [-0.3, -0.25) is 19.4 Å². The van der Waals surface area contributed by atoms with Crippen molar-refractivity contribution < 1.29 is 27.1 Å². The molecule has 4 rings (SSSR count). The third-order valence-electron chi connectivity index (χ3n) is 5.86. The molecule has 1 fully saturated rings. The van der Waals surface area contributed by atoms with Gasteiger partial charge >= 0.3 is 6.09 Å². The number of fused-ring (bicyclic) bond motifs is 1. The molecule has 1 aromatic carbocycles. The number of carbonyl (C=O) groups excluding carboxylic acids is 2. The first kappa shape index (κ1) is 24.9. The van der Waals surface area contributed by atoms with E-state index in [9.17, 15) is 22.4 Å². The normalized spacial score (nSPS) is 18.4. The summed E-state index contributed by atoms with van der Waals surface area (Å²) < 4.78 is 47.1. The number of ether oxygens (including phenoxy) is 1. The lowest BCUT2D eigenvalue weighted by Crippen LogP contribution is -2.51. The van der Waals surface area contributed by atoms with Gasteiger partial charge in [-0.15, -0.1) is 0 Å². The maximum absolute atomic E-state index is 13.6. The largest absolute Gasteiger partial charge is 0.449 e. The molecule has 1 unspecified atom stereocenters. The molecule has 0 spiro atoms. The van der Waals surface area contributed by atoms with E-state index >= 15 is 0 Å². The van der Waals surface area contributed by atoms with E-state index in [1.165, 1.54) is 28.7 Å². The average molecular weight is 505 g/mol. The number of amides is 2. The molecule has 2 aromatic rings. The predicted octanol–water partition coefficient (Wildman–Crippen LogP) is 3.56.